The van der Waals surface area contributed by atoms with Crippen molar-refractivity contribution in [1.82, 2.24) is 4.98 Å². The zero-order chi connectivity index (χ0) is 17.4. The van der Waals surface area contributed by atoms with Crippen LogP contribution in [0.5, 0.6) is 0 Å². The molecule has 0 N–H and O–H groups in total. The molecule has 0 aliphatic carbocycles. The number of hydrogen-bond donors (Lipinski definition) is 0. The number of nitrogens with zero attached hydrogens (tertiary/aromatic N) is 3. The zero-order valence-electron chi connectivity index (χ0n) is 13.9. The molecule has 0 atom stereocenters. The van der Waals surface area contributed by atoms with E-state index in [1.54, 1.807) is 11.3 Å². The van der Waals surface area contributed by atoms with Crippen molar-refractivity contribution in [3.8, 4) is 0 Å². The van der Waals surface area contributed by atoms with Crippen LogP contribution in [0, 0.1) is 0 Å². The number of carbonyl (C=O) groups is 1. The van der Waals surface area contributed by atoms with E-state index in [1.807, 2.05) is 41.3 Å². The summed E-state index contributed by atoms with van der Waals surface area (Å²) in [5.41, 5.74) is 3.01. The molecule has 128 valence electrons. The third-order valence-corrected chi connectivity index (χ3v) is 5.82. The Morgan fingerprint density at radius 3 is 2.84 bits per heavy atom. The predicted molar refractivity (Wildman–Crippen MR) is 105 cm³/mol. The van der Waals surface area contributed by atoms with Crippen LogP contribution in [-0.2, 0) is 11.2 Å². The number of aromatic nitrogens is 1. The number of para-hydroxylation sites is 2. The second-order valence-corrected chi connectivity index (χ2v) is 7.73. The van der Waals surface area contributed by atoms with Crippen LogP contribution in [0.25, 0.3) is 10.2 Å². The Morgan fingerprint density at radius 2 is 2.00 bits per heavy atom. The molecule has 2 aromatic carbocycles. The predicted octanol–water partition coefficient (Wildman–Crippen LogP) is 4.37. The van der Waals surface area contributed by atoms with Crippen LogP contribution in [0.2, 0.25) is 5.02 Å². The first-order valence-corrected chi connectivity index (χ1v) is 9.47. The van der Waals surface area contributed by atoms with Gasteiger partial charge < -0.3 is 9.80 Å². The molecule has 0 saturated heterocycles. The van der Waals surface area contributed by atoms with Gasteiger partial charge in [0.15, 0.2) is 0 Å². The Balaban J connectivity index is 1.49. The number of aryl methyl sites for hydroxylation is 1. The Labute approximate surface area is 155 Å². The normalized spacial score (nSPS) is 14.0. The number of hydrogen-bond acceptors (Lipinski definition) is 4. The van der Waals surface area contributed by atoms with Crippen LogP contribution < -0.4 is 9.80 Å². The van der Waals surface area contributed by atoms with Crippen molar-refractivity contribution >= 4 is 50.4 Å². The molecule has 0 spiro atoms. The Morgan fingerprint density at radius 1 is 1.20 bits per heavy atom. The fraction of sp³-hybridized carbons (Fsp3) is 0.263. The van der Waals surface area contributed by atoms with Crippen LogP contribution in [0.15, 0.2) is 42.5 Å². The summed E-state index contributed by atoms with van der Waals surface area (Å²) in [6, 6.07) is 13.8. The number of fused-ring (bicyclic) bond motifs is 2. The van der Waals surface area contributed by atoms with Gasteiger partial charge >= 0.3 is 0 Å². The van der Waals surface area contributed by atoms with Gasteiger partial charge in [-0.1, -0.05) is 23.7 Å². The molecule has 1 aromatic heterocycles. The Hall–Kier alpha value is -2.11. The van der Waals surface area contributed by atoms with Crippen LogP contribution in [0.3, 0.4) is 0 Å². The summed E-state index contributed by atoms with van der Waals surface area (Å²) in [6.07, 6.45) is 1.12. The molecule has 1 amide bonds. The lowest BCUT2D eigenvalue weighted by molar-refractivity contribution is -0.118. The third kappa shape index (κ3) is 3.22. The van der Waals surface area contributed by atoms with Crippen LogP contribution >= 0.6 is 22.9 Å². The monoisotopic (exact) mass is 371 g/mol. The van der Waals surface area contributed by atoms with Crippen molar-refractivity contribution in [3.63, 3.8) is 0 Å². The molecule has 0 bridgehead atoms. The molecule has 0 saturated carbocycles. The number of thiazole rings is 1. The first-order chi connectivity index (χ1) is 12.1. The molecule has 3 aromatic rings. The molecule has 6 heteroatoms. The summed E-state index contributed by atoms with van der Waals surface area (Å²) in [7, 11) is 2.06. The van der Waals surface area contributed by atoms with E-state index in [9.17, 15) is 4.79 Å². The second-order valence-electron chi connectivity index (χ2n) is 6.18. The second kappa shape index (κ2) is 6.65. The van der Waals surface area contributed by atoms with Gasteiger partial charge in [-0.3, -0.25) is 4.79 Å². The average Bonchev–Trinajstić information content (AvgIpc) is 3.02. The minimum atomic E-state index is 0.151. The number of halogens is 1. The average molecular weight is 372 g/mol. The molecule has 4 rings (SSSR count). The smallest absolute Gasteiger partial charge is 0.227 e. The highest BCUT2D eigenvalue weighted by molar-refractivity contribution is 7.18. The molecular weight excluding hydrogens is 354 g/mol. The van der Waals surface area contributed by atoms with Gasteiger partial charge in [-0.05, 0) is 30.3 Å². The lowest BCUT2D eigenvalue weighted by Gasteiger charge is -2.35. The minimum Gasteiger partial charge on any atom is -0.371 e. The molecule has 25 heavy (non-hydrogen) atoms. The van der Waals surface area contributed by atoms with E-state index < -0.39 is 0 Å². The van der Waals surface area contributed by atoms with Crippen LogP contribution in [-0.4, -0.2) is 31.0 Å². The number of anilines is 2. The fourth-order valence-electron chi connectivity index (χ4n) is 3.17. The zero-order valence-corrected chi connectivity index (χ0v) is 15.5. The van der Waals surface area contributed by atoms with Crippen molar-refractivity contribution in [3.05, 3.63) is 52.5 Å². The molecule has 0 radical (unpaired) electrons. The van der Waals surface area contributed by atoms with Gasteiger partial charge in [0.05, 0.1) is 26.6 Å². The lowest BCUT2D eigenvalue weighted by atomic mass is 10.1. The van der Waals surface area contributed by atoms with E-state index in [-0.39, 0.29) is 5.91 Å². The first kappa shape index (κ1) is 16.4. The lowest BCUT2D eigenvalue weighted by Crippen LogP contribution is -2.42. The van der Waals surface area contributed by atoms with Crippen molar-refractivity contribution in [1.29, 1.82) is 0 Å². The maximum absolute atomic E-state index is 12.8. The number of carbonyl (C=O) groups excluding carboxylic acids is 1. The molecule has 1 aliphatic rings. The van der Waals surface area contributed by atoms with E-state index in [0.29, 0.717) is 17.9 Å². The van der Waals surface area contributed by atoms with Crippen molar-refractivity contribution in [2.45, 2.75) is 12.8 Å². The standard InChI is InChI=1S/C19H18ClN3OS/c1-22-10-11-23(16-5-3-2-4-15(16)22)19(24)9-8-18-21-14-12-13(20)6-7-17(14)25-18/h2-7,12H,8-11H2,1H3. The minimum absolute atomic E-state index is 0.151. The maximum Gasteiger partial charge on any atom is 0.227 e. The Bertz CT molecular complexity index is 939. The third-order valence-electron chi connectivity index (χ3n) is 4.49. The van der Waals surface area contributed by atoms with Gasteiger partial charge in [0.1, 0.15) is 0 Å². The van der Waals surface area contributed by atoms with Crippen molar-refractivity contribution < 1.29 is 4.79 Å². The molecule has 2 heterocycles. The SMILES string of the molecule is CN1CCN(C(=O)CCc2nc3cc(Cl)ccc3s2)c2ccccc21. The van der Waals surface area contributed by atoms with E-state index in [1.165, 1.54) is 0 Å². The summed E-state index contributed by atoms with van der Waals surface area (Å²) in [6.45, 7) is 1.57. The molecule has 0 unspecified atom stereocenters. The van der Waals surface area contributed by atoms with E-state index in [2.05, 4.69) is 23.0 Å². The number of likely N-dealkylation sites (N-methyl/N-ethyl adjacent to an activating group) is 1. The van der Waals surface area contributed by atoms with Gasteiger partial charge in [0.25, 0.3) is 0 Å². The fourth-order valence-corrected chi connectivity index (χ4v) is 4.28. The van der Waals surface area contributed by atoms with Gasteiger partial charge in [0, 0.05) is 38.0 Å². The van der Waals surface area contributed by atoms with E-state index >= 15 is 0 Å². The molecule has 0 fully saturated rings. The van der Waals surface area contributed by atoms with Crippen LogP contribution in [0.1, 0.15) is 11.4 Å². The van der Waals surface area contributed by atoms with E-state index in [4.69, 9.17) is 11.6 Å². The summed E-state index contributed by atoms with van der Waals surface area (Å²) >= 11 is 7.65. The molecule has 1 aliphatic heterocycles. The highest BCUT2D eigenvalue weighted by Crippen LogP contribution is 2.32. The summed E-state index contributed by atoms with van der Waals surface area (Å²) in [4.78, 5) is 21.5. The number of amides is 1. The van der Waals surface area contributed by atoms with Gasteiger partial charge in [-0.25, -0.2) is 4.98 Å². The van der Waals surface area contributed by atoms with Gasteiger partial charge in [-0.15, -0.1) is 11.3 Å². The van der Waals surface area contributed by atoms with Gasteiger partial charge in [0.2, 0.25) is 5.91 Å². The topological polar surface area (TPSA) is 36.4 Å². The quantitative estimate of drug-likeness (QED) is 0.686. The molecular formula is C19H18ClN3OS. The van der Waals surface area contributed by atoms with E-state index in [0.717, 1.165) is 39.7 Å². The van der Waals surface area contributed by atoms with Crippen molar-refractivity contribution in [2.75, 3.05) is 29.9 Å². The largest absolute Gasteiger partial charge is 0.371 e. The van der Waals surface area contributed by atoms with Crippen LogP contribution in [0.4, 0.5) is 11.4 Å². The highest BCUT2D eigenvalue weighted by atomic mass is 35.5. The summed E-state index contributed by atoms with van der Waals surface area (Å²) < 4.78 is 1.11. The summed E-state index contributed by atoms with van der Waals surface area (Å²) in [5.74, 6) is 0.151. The molecule has 4 nitrogen and oxygen atoms in total. The maximum atomic E-state index is 12.8. The highest BCUT2D eigenvalue weighted by Gasteiger charge is 2.24. The number of rotatable bonds is 3. The summed E-state index contributed by atoms with van der Waals surface area (Å²) in [5, 5.41) is 1.67. The van der Waals surface area contributed by atoms with Crippen molar-refractivity contribution in [2.24, 2.45) is 0 Å². The number of benzene rings is 2. The Kier molecular flexibility index (Phi) is 4.36. The van der Waals surface area contributed by atoms with Gasteiger partial charge in [-0.2, -0.15) is 0 Å². The first-order valence-electron chi connectivity index (χ1n) is 8.27.